The van der Waals surface area contributed by atoms with Gasteiger partial charge in [-0.25, -0.2) is 4.79 Å². The number of carbonyl (C=O) groups excluding carboxylic acids is 2. The van der Waals surface area contributed by atoms with Gasteiger partial charge in [0.15, 0.2) is 5.75 Å². The van der Waals surface area contributed by atoms with Gasteiger partial charge in [0.25, 0.3) is 0 Å². The van der Waals surface area contributed by atoms with Crippen molar-refractivity contribution in [3.63, 3.8) is 0 Å². The average Bonchev–Trinajstić information content (AvgIpc) is 2.87. The first-order valence-corrected chi connectivity index (χ1v) is 12.6. The Morgan fingerprint density at radius 3 is 2.47 bits per heavy atom. The molecule has 2 unspecified atom stereocenters. The molecule has 8 heteroatoms. The maximum Gasteiger partial charge on any atom is 0.407 e. The number of hydrogen-bond acceptors (Lipinski definition) is 7. The molecule has 0 aliphatic rings. The van der Waals surface area contributed by atoms with Gasteiger partial charge in [0.1, 0.15) is 11.5 Å². The summed E-state index contributed by atoms with van der Waals surface area (Å²) in [6.45, 7) is 4.58. The molecular formula is C28H40N2O6. The number of alkyl carbamates (subject to hydrolysis) is 1. The minimum absolute atomic E-state index is 0.0515. The average molecular weight is 501 g/mol. The Morgan fingerprint density at radius 2 is 1.78 bits per heavy atom. The fourth-order valence-corrected chi connectivity index (χ4v) is 3.69. The number of ether oxygens (including phenoxy) is 2. The van der Waals surface area contributed by atoms with Crippen molar-refractivity contribution >= 4 is 11.9 Å². The standard InChI is InChI=1S/C28H40N2O6/c1-4-5-9-17-30(36-25-16-10-15-24(20-25)34-3)21-27(32)26(19-23-13-7-6-8-14-23)29-28(33)35-18-11-12-22(2)31/h6-8,10,13-16,20,26-27,32H,4-5,9,11-12,17-19,21H2,1-3H3,(H,29,33). The molecule has 0 bridgehead atoms. The van der Waals surface area contributed by atoms with Crippen LogP contribution in [0.3, 0.4) is 0 Å². The second kappa shape index (κ2) is 16.5. The lowest BCUT2D eigenvalue weighted by Crippen LogP contribution is -2.50. The third-order valence-electron chi connectivity index (χ3n) is 5.65. The number of nitrogens with one attached hydrogen (secondary N) is 1. The summed E-state index contributed by atoms with van der Waals surface area (Å²) >= 11 is 0. The topological polar surface area (TPSA) is 97.3 Å². The van der Waals surface area contributed by atoms with E-state index in [1.54, 1.807) is 18.2 Å². The summed E-state index contributed by atoms with van der Waals surface area (Å²) in [7, 11) is 1.60. The molecule has 0 heterocycles. The molecule has 2 aromatic rings. The van der Waals surface area contributed by atoms with E-state index in [4.69, 9.17) is 14.3 Å². The molecule has 0 radical (unpaired) electrons. The quantitative estimate of drug-likeness (QED) is 0.243. The smallest absolute Gasteiger partial charge is 0.407 e. The van der Waals surface area contributed by atoms with Crippen LogP contribution in [0.2, 0.25) is 0 Å². The number of carbonyl (C=O) groups is 2. The van der Waals surface area contributed by atoms with Crippen molar-refractivity contribution in [2.24, 2.45) is 0 Å². The highest BCUT2D eigenvalue weighted by atomic mass is 16.7. The van der Waals surface area contributed by atoms with E-state index in [1.165, 1.54) is 6.92 Å². The lowest BCUT2D eigenvalue weighted by Gasteiger charge is -2.29. The number of aliphatic hydroxyl groups is 1. The van der Waals surface area contributed by atoms with Gasteiger partial charge in [0, 0.05) is 19.0 Å². The van der Waals surface area contributed by atoms with Crippen LogP contribution in [-0.4, -0.2) is 61.0 Å². The summed E-state index contributed by atoms with van der Waals surface area (Å²) in [6.07, 6.45) is 2.70. The van der Waals surface area contributed by atoms with Crippen molar-refractivity contribution in [3.8, 4) is 11.5 Å². The molecule has 0 aliphatic carbocycles. The van der Waals surface area contributed by atoms with Crippen LogP contribution in [0.1, 0.15) is 51.5 Å². The molecule has 2 rings (SSSR count). The van der Waals surface area contributed by atoms with Gasteiger partial charge in [0.05, 0.1) is 32.4 Å². The largest absolute Gasteiger partial charge is 0.497 e. The second-order valence-electron chi connectivity index (χ2n) is 8.81. The van der Waals surface area contributed by atoms with Gasteiger partial charge in [-0.2, -0.15) is 0 Å². The van der Waals surface area contributed by atoms with Gasteiger partial charge in [0.2, 0.25) is 0 Å². The fraction of sp³-hybridized carbons (Fsp3) is 0.500. The summed E-state index contributed by atoms with van der Waals surface area (Å²) in [5.41, 5.74) is 0.977. The van der Waals surface area contributed by atoms with Gasteiger partial charge in [-0.1, -0.05) is 56.2 Å². The Bertz CT molecular complexity index is 908. The zero-order valence-electron chi connectivity index (χ0n) is 21.7. The molecule has 36 heavy (non-hydrogen) atoms. The predicted molar refractivity (Wildman–Crippen MR) is 139 cm³/mol. The highest BCUT2D eigenvalue weighted by Gasteiger charge is 2.25. The molecule has 1 amide bonds. The van der Waals surface area contributed by atoms with Crippen molar-refractivity contribution in [2.45, 2.75) is 64.5 Å². The number of benzene rings is 2. The normalized spacial score (nSPS) is 12.6. The highest BCUT2D eigenvalue weighted by molar-refractivity contribution is 5.75. The van der Waals surface area contributed by atoms with Gasteiger partial charge >= 0.3 is 6.09 Å². The van der Waals surface area contributed by atoms with Crippen LogP contribution in [-0.2, 0) is 16.0 Å². The molecule has 2 atom stereocenters. The number of aliphatic hydroxyl groups excluding tert-OH is 1. The molecule has 2 N–H and O–H groups in total. The van der Waals surface area contributed by atoms with Gasteiger partial charge in [-0.3, -0.25) is 0 Å². The van der Waals surface area contributed by atoms with Crippen molar-refractivity contribution < 1.29 is 29.0 Å². The minimum Gasteiger partial charge on any atom is -0.497 e. The first-order valence-electron chi connectivity index (χ1n) is 12.6. The Labute approximate surface area is 214 Å². The van der Waals surface area contributed by atoms with Crippen molar-refractivity contribution in [2.75, 3.05) is 26.8 Å². The van der Waals surface area contributed by atoms with E-state index >= 15 is 0 Å². The van der Waals surface area contributed by atoms with Gasteiger partial charge in [-0.15, -0.1) is 5.06 Å². The lowest BCUT2D eigenvalue weighted by molar-refractivity contribution is -0.117. The van der Waals surface area contributed by atoms with E-state index in [1.807, 2.05) is 48.5 Å². The number of hydrogen-bond donors (Lipinski definition) is 2. The van der Waals surface area contributed by atoms with Crippen molar-refractivity contribution in [1.82, 2.24) is 10.4 Å². The van der Waals surface area contributed by atoms with E-state index in [2.05, 4.69) is 12.2 Å². The Kier molecular flexibility index (Phi) is 13.4. The lowest BCUT2D eigenvalue weighted by atomic mass is 10.0. The SMILES string of the molecule is CCCCCN(CC(O)C(Cc1ccccc1)NC(=O)OCCCC(C)=O)Oc1cccc(OC)c1. The third kappa shape index (κ3) is 11.6. The van der Waals surface area contributed by atoms with E-state index in [-0.39, 0.29) is 18.9 Å². The molecule has 0 aromatic heterocycles. The highest BCUT2D eigenvalue weighted by Crippen LogP contribution is 2.20. The molecule has 0 aliphatic heterocycles. The number of hydroxylamine groups is 2. The Morgan fingerprint density at radius 1 is 1.03 bits per heavy atom. The molecule has 2 aromatic carbocycles. The second-order valence-corrected chi connectivity index (χ2v) is 8.81. The minimum atomic E-state index is -0.929. The van der Waals surface area contributed by atoms with E-state index in [0.29, 0.717) is 37.3 Å². The van der Waals surface area contributed by atoms with Crippen LogP contribution in [0.5, 0.6) is 11.5 Å². The van der Waals surface area contributed by atoms with Crippen LogP contribution >= 0.6 is 0 Å². The predicted octanol–water partition coefficient (Wildman–Crippen LogP) is 4.55. The van der Waals surface area contributed by atoms with E-state index < -0.39 is 18.2 Å². The van der Waals surface area contributed by atoms with Crippen LogP contribution in [0, 0.1) is 0 Å². The van der Waals surface area contributed by atoms with Crippen LogP contribution < -0.4 is 14.9 Å². The Balaban J connectivity index is 2.09. The molecule has 0 saturated heterocycles. The first kappa shape index (κ1) is 29.1. The fourth-order valence-electron chi connectivity index (χ4n) is 3.69. The molecule has 198 valence electrons. The van der Waals surface area contributed by atoms with Gasteiger partial charge < -0.3 is 29.5 Å². The maximum absolute atomic E-state index is 12.5. The van der Waals surface area contributed by atoms with Crippen LogP contribution in [0.4, 0.5) is 4.79 Å². The van der Waals surface area contributed by atoms with Gasteiger partial charge in [-0.05, 0) is 43.9 Å². The summed E-state index contributed by atoms with van der Waals surface area (Å²) in [5.74, 6) is 1.34. The molecular weight excluding hydrogens is 460 g/mol. The summed E-state index contributed by atoms with van der Waals surface area (Å²) < 4.78 is 10.5. The first-order chi connectivity index (χ1) is 17.4. The van der Waals surface area contributed by atoms with Crippen molar-refractivity contribution in [1.29, 1.82) is 0 Å². The summed E-state index contributed by atoms with van der Waals surface area (Å²) in [6, 6.07) is 16.4. The molecule has 8 nitrogen and oxygen atoms in total. The number of ketones is 1. The zero-order valence-corrected chi connectivity index (χ0v) is 21.7. The zero-order chi connectivity index (χ0) is 26.2. The number of nitrogens with zero attached hydrogens (tertiary/aromatic N) is 1. The number of Topliss-reactive ketones (excluding diaryl/α,β-unsaturated/α-hetero) is 1. The third-order valence-corrected chi connectivity index (χ3v) is 5.65. The van der Waals surface area contributed by atoms with E-state index in [9.17, 15) is 14.7 Å². The molecule has 0 fully saturated rings. The van der Waals surface area contributed by atoms with Crippen LogP contribution in [0.15, 0.2) is 54.6 Å². The van der Waals surface area contributed by atoms with E-state index in [0.717, 1.165) is 24.8 Å². The number of amides is 1. The summed E-state index contributed by atoms with van der Waals surface area (Å²) in [5, 5.41) is 15.7. The monoisotopic (exact) mass is 500 g/mol. The van der Waals surface area contributed by atoms with Crippen molar-refractivity contribution in [3.05, 3.63) is 60.2 Å². The van der Waals surface area contributed by atoms with Crippen LogP contribution in [0.25, 0.3) is 0 Å². The number of methoxy groups -OCH3 is 1. The Hall–Kier alpha value is -3.10. The molecule has 0 saturated carbocycles. The number of rotatable bonds is 17. The summed E-state index contributed by atoms with van der Waals surface area (Å²) in [4.78, 5) is 29.7. The number of unbranched alkanes of at least 4 members (excludes halogenated alkanes) is 2. The maximum atomic E-state index is 12.5. The molecule has 0 spiro atoms.